The minimum absolute atomic E-state index is 0.735. The van der Waals surface area contributed by atoms with Crippen molar-refractivity contribution in [3.63, 3.8) is 0 Å². The Kier molecular flexibility index (Phi) is 4.37. The Labute approximate surface area is 143 Å². The third kappa shape index (κ3) is 3.10. The lowest BCUT2D eigenvalue weighted by molar-refractivity contribution is 0.129. The van der Waals surface area contributed by atoms with Gasteiger partial charge in [-0.05, 0) is 26.3 Å². The Morgan fingerprint density at radius 1 is 0.958 bits per heavy atom. The fourth-order valence-electron chi connectivity index (χ4n) is 3.71. The summed E-state index contributed by atoms with van der Waals surface area (Å²) >= 11 is 0. The predicted octanol–water partition coefficient (Wildman–Crippen LogP) is 1.17. The van der Waals surface area contributed by atoms with E-state index in [-0.39, 0.29) is 0 Å². The SMILES string of the molecule is CCN1CCN(Cc2nc3nc(C)cc(N4CCCC4)n3n2)CC1. The van der Waals surface area contributed by atoms with Crippen molar-refractivity contribution >= 4 is 11.6 Å². The lowest BCUT2D eigenvalue weighted by Crippen LogP contribution is -2.45. The normalized spacial score (nSPS) is 20.3. The van der Waals surface area contributed by atoms with Gasteiger partial charge < -0.3 is 9.80 Å². The molecule has 0 unspecified atom stereocenters. The van der Waals surface area contributed by atoms with E-state index in [4.69, 9.17) is 10.1 Å². The average molecular weight is 329 g/mol. The van der Waals surface area contributed by atoms with Gasteiger partial charge in [-0.15, -0.1) is 5.10 Å². The van der Waals surface area contributed by atoms with Gasteiger partial charge in [-0.2, -0.15) is 9.50 Å². The van der Waals surface area contributed by atoms with Crippen molar-refractivity contribution in [1.29, 1.82) is 0 Å². The van der Waals surface area contributed by atoms with Crippen molar-refractivity contribution in [2.45, 2.75) is 33.2 Å². The molecule has 2 aromatic heterocycles. The number of hydrogen-bond donors (Lipinski definition) is 0. The third-order valence-electron chi connectivity index (χ3n) is 5.17. The van der Waals surface area contributed by atoms with Crippen LogP contribution in [0.5, 0.6) is 0 Å². The number of rotatable bonds is 4. The highest BCUT2D eigenvalue weighted by Crippen LogP contribution is 2.21. The largest absolute Gasteiger partial charge is 0.356 e. The molecule has 0 atom stereocenters. The number of hydrogen-bond acceptors (Lipinski definition) is 6. The average Bonchev–Trinajstić information content (AvgIpc) is 3.24. The van der Waals surface area contributed by atoms with E-state index in [9.17, 15) is 0 Å². The zero-order chi connectivity index (χ0) is 16.5. The van der Waals surface area contributed by atoms with Crippen LogP contribution in [0.25, 0.3) is 5.78 Å². The second kappa shape index (κ2) is 6.64. The van der Waals surface area contributed by atoms with Gasteiger partial charge in [0.15, 0.2) is 5.82 Å². The summed E-state index contributed by atoms with van der Waals surface area (Å²) in [5.41, 5.74) is 1.01. The molecule has 0 aromatic carbocycles. The van der Waals surface area contributed by atoms with Gasteiger partial charge in [0, 0.05) is 51.0 Å². The highest BCUT2D eigenvalue weighted by atomic mass is 15.4. The van der Waals surface area contributed by atoms with Gasteiger partial charge in [0.1, 0.15) is 5.82 Å². The van der Waals surface area contributed by atoms with Crippen LogP contribution in [0.4, 0.5) is 5.82 Å². The van der Waals surface area contributed by atoms with E-state index >= 15 is 0 Å². The summed E-state index contributed by atoms with van der Waals surface area (Å²) in [7, 11) is 0. The summed E-state index contributed by atoms with van der Waals surface area (Å²) in [6, 6.07) is 2.14. The molecule has 2 aliphatic heterocycles. The number of fused-ring (bicyclic) bond motifs is 1. The van der Waals surface area contributed by atoms with Gasteiger partial charge in [-0.25, -0.2) is 4.98 Å². The van der Waals surface area contributed by atoms with Gasteiger partial charge in [0.2, 0.25) is 0 Å². The molecule has 0 N–H and O–H groups in total. The van der Waals surface area contributed by atoms with Gasteiger partial charge in [-0.3, -0.25) is 4.90 Å². The maximum atomic E-state index is 4.78. The third-order valence-corrected chi connectivity index (χ3v) is 5.17. The van der Waals surface area contributed by atoms with Crippen LogP contribution in [0, 0.1) is 6.92 Å². The van der Waals surface area contributed by atoms with Gasteiger partial charge in [0.25, 0.3) is 5.78 Å². The quantitative estimate of drug-likeness (QED) is 0.839. The molecule has 24 heavy (non-hydrogen) atoms. The number of aromatic nitrogens is 4. The topological polar surface area (TPSA) is 52.8 Å². The molecule has 2 saturated heterocycles. The monoisotopic (exact) mass is 329 g/mol. The van der Waals surface area contributed by atoms with E-state index < -0.39 is 0 Å². The molecule has 4 rings (SSSR count). The summed E-state index contributed by atoms with van der Waals surface area (Å²) in [6.07, 6.45) is 2.51. The first-order valence-corrected chi connectivity index (χ1v) is 9.16. The first kappa shape index (κ1) is 15.8. The highest BCUT2D eigenvalue weighted by molar-refractivity contribution is 5.48. The summed E-state index contributed by atoms with van der Waals surface area (Å²) in [5.74, 6) is 2.77. The van der Waals surface area contributed by atoms with E-state index in [0.717, 1.165) is 75.5 Å². The first-order chi connectivity index (χ1) is 11.7. The van der Waals surface area contributed by atoms with Crippen molar-refractivity contribution in [2.75, 3.05) is 50.7 Å². The lowest BCUT2D eigenvalue weighted by Gasteiger charge is -2.33. The molecule has 0 radical (unpaired) electrons. The van der Waals surface area contributed by atoms with Crippen molar-refractivity contribution < 1.29 is 0 Å². The highest BCUT2D eigenvalue weighted by Gasteiger charge is 2.20. The summed E-state index contributed by atoms with van der Waals surface area (Å²) in [6.45, 7) is 12.9. The molecule has 2 aliphatic rings. The fourth-order valence-corrected chi connectivity index (χ4v) is 3.71. The van der Waals surface area contributed by atoms with Crippen molar-refractivity contribution in [3.8, 4) is 0 Å². The minimum Gasteiger partial charge on any atom is -0.356 e. The Morgan fingerprint density at radius 3 is 2.38 bits per heavy atom. The summed E-state index contributed by atoms with van der Waals surface area (Å²) in [5, 5.41) is 4.78. The number of likely N-dealkylation sites (N-methyl/N-ethyl adjacent to an activating group) is 1. The fraction of sp³-hybridized carbons (Fsp3) is 0.706. The molecule has 0 bridgehead atoms. The van der Waals surface area contributed by atoms with Crippen LogP contribution in [-0.4, -0.2) is 75.2 Å². The number of anilines is 1. The van der Waals surface area contributed by atoms with E-state index in [1.807, 2.05) is 11.4 Å². The van der Waals surface area contributed by atoms with Gasteiger partial charge in [-0.1, -0.05) is 6.92 Å². The summed E-state index contributed by atoms with van der Waals surface area (Å²) in [4.78, 5) is 16.6. The molecule has 0 aliphatic carbocycles. The van der Waals surface area contributed by atoms with Gasteiger partial charge >= 0.3 is 0 Å². The standard InChI is InChI=1S/C17H27N7/c1-3-21-8-10-22(11-9-21)13-15-19-17-18-14(2)12-16(24(17)20-15)23-6-4-5-7-23/h12H,3-11,13H2,1-2H3. The Balaban J connectivity index is 1.55. The molecule has 4 heterocycles. The predicted molar refractivity (Wildman–Crippen MR) is 94.4 cm³/mol. The van der Waals surface area contributed by atoms with E-state index in [2.05, 4.69) is 32.7 Å². The second-order valence-corrected chi connectivity index (χ2v) is 6.90. The summed E-state index contributed by atoms with van der Waals surface area (Å²) < 4.78 is 1.94. The number of nitrogens with zero attached hydrogens (tertiary/aromatic N) is 7. The van der Waals surface area contributed by atoms with Crippen LogP contribution in [0.1, 0.15) is 31.3 Å². The lowest BCUT2D eigenvalue weighted by atomic mass is 10.3. The smallest absolute Gasteiger partial charge is 0.254 e. The molecule has 7 nitrogen and oxygen atoms in total. The van der Waals surface area contributed by atoms with Crippen LogP contribution >= 0.6 is 0 Å². The molecule has 0 spiro atoms. The molecular weight excluding hydrogens is 302 g/mol. The molecule has 0 amide bonds. The Hall–Kier alpha value is -1.73. The molecule has 7 heteroatoms. The second-order valence-electron chi connectivity index (χ2n) is 6.90. The van der Waals surface area contributed by atoms with Crippen molar-refractivity contribution in [3.05, 3.63) is 17.6 Å². The molecular formula is C17H27N7. The molecule has 0 saturated carbocycles. The zero-order valence-corrected chi connectivity index (χ0v) is 14.8. The molecule has 2 fully saturated rings. The van der Waals surface area contributed by atoms with Gasteiger partial charge in [0.05, 0.1) is 6.54 Å². The van der Waals surface area contributed by atoms with Crippen LogP contribution < -0.4 is 4.90 Å². The number of piperazine rings is 1. The number of aryl methyl sites for hydroxylation is 1. The van der Waals surface area contributed by atoms with Crippen LogP contribution in [-0.2, 0) is 6.54 Å². The van der Waals surface area contributed by atoms with Crippen LogP contribution in [0.3, 0.4) is 0 Å². The minimum atomic E-state index is 0.735. The molecule has 2 aromatic rings. The first-order valence-electron chi connectivity index (χ1n) is 9.16. The zero-order valence-electron chi connectivity index (χ0n) is 14.8. The van der Waals surface area contributed by atoms with E-state index in [1.165, 1.54) is 12.8 Å². The molecule has 130 valence electrons. The van der Waals surface area contributed by atoms with Crippen molar-refractivity contribution in [1.82, 2.24) is 29.4 Å². The maximum absolute atomic E-state index is 4.78. The Morgan fingerprint density at radius 2 is 1.67 bits per heavy atom. The van der Waals surface area contributed by atoms with Crippen LogP contribution in [0.15, 0.2) is 6.07 Å². The maximum Gasteiger partial charge on any atom is 0.254 e. The van der Waals surface area contributed by atoms with Crippen LogP contribution in [0.2, 0.25) is 0 Å². The Bertz CT molecular complexity index is 696. The van der Waals surface area contributed by atoms with E-state index in [1.54, 1.807) is 0 Å². The van der Waals surface area contributed by atoms with E-state index in [0.29, 0.717) is 0 Å². The van der Waals surface area contributed by atoms with Crippen molar-refractivity contribution in [2.24, 2.45) is 0 Å².